The van der Waals surface area contributed by atoms with Gasteiger partial charge < -0.3 is 9.47 Å². The van der Waals surface area contributed by atoms with Crippen molar-refractivity contribution in [2.45, 2.75) is 103 Å². The van der Waals surface area contributed by atoms with E-state index in [1.807, 2.05) is 0 Å². The van der Waals surface area contributed by atoms with Crippen LogP contribution in [0.4, 0.5) is 0 Å². The highest BCUT2D eigenvalue weighted by Gasteiger charge is 2.23. The summed E-state index contributed by atoms with van der Waals surface area (Å²) in [7, 11) is 2.60. The number of ether oxygens (including phenoxy) is 2. The average Bonchev–Trinajstić information content (AvgIpc) is 2.66. The summed E-state index contributed by atoms with van der Waals surface area (Å²) in [4.78, 5) is 0. The van der Waals surface area contributed by atoms with Gasteiger partial charge in [0.15, 0.2) is 0 Å². The van der Waals surface area contributed by atoms with Gasteiger partial charge in [-0.25, -0.2) is 0 Å². The van der Waals surface area contributed by atoms with Gasteiger partial charge in [0.05, 0.1) is 29.0 Å². The van der Waals surface area contributed by atoms with Crippen molar-refractivity contribution in [2.24, 2.45) is 0 Å². The van der Waals surface area contributed by atoms with Crippen molar-refractivity contribution in [1.82, 2.24) is 0 Å². The summed E-state index contributed by atoms with van der Waals surface area (Å²) in [6.45, 7) is 15.9. The molecule has 0 aromatic rings. The standard InChI is InChI=1S/C20H46O2S2Si2/c1-7-13-15-21-19(25(9-3)10-4)17-23-24-18-20(22-16-14-8-2)26(11-5)12-6/h19-20,25-26H,7-18H2,1-6H3. The van der Waals surface area contributed by atoms with Gasteiger partial charge in [0, 0.05) is 24.7 Å². The summed E-state index contributed by atoms with van der Waals surface area (Å²) < 4.78 is 12.6. The summed E-state index contributed by atoms with van der Waals surface area (Å²) in [5, 5.41) is 0. The molecule has 0 aliphatic carbocycles. The molecule has 0 rings (SSSR count). The van der Waals surface area contributed by atoms with E-state index < -0.39 is 17.6 Å². The fraction of sp³-hybridized carbons (Fsp3) is 1.00. The third-order valence-electron chi connectivity index (χ3n) is 5.36. The number of rotatable bonds is 19. The Hall–Kier alpha value is 1.05. The highest BCUT2D eigenvalue weighted by atomic mass is 33.1. The predicted molar refractivity (Wildman–Crippen MR) is 130 cm³/mol. The van der Waals surface area contributed by atoms with Crippen LogP contribution in [0, 0.1) is 0 Å². The van der Waals surface area contributed by atoms with Crippen molar-refractivity contribution in [2.75, 3.05) is 24.7 Å². The monoisotopic (exact) mass is 438 g/mol. The van der Waals surface area contributed by atoms with Gasteiger partial charge in [0.25, 0.3) is 0 Å². The molecule has 0 saturated heterocycles. The fourth-order valence-corrected chi connectivity index (χ4v) is 13.0. The maximum absolute atomic E-state index is 6.31. The van der Waals surface area contributed by atoms with Crippen LogP contribution in [0.25, 0.3) is 0 Å². The van der Waals surface area contributed by atoms with E-state index in [4.69, 9.17) is 9.47 Å². The van der Waals surface area contributed by atoms with Gasteiger partial charge in [-0.2, -0.15) is 0 Å². The molecule has 26 heavy (non-hydrogen) atoms. The molecule has 0 aliphatic heterocycles. The Balaban J connectivity index is 4.39. The summed E-state index contributed by atoms with van der Waals surface area (Å²) in [6.07, 6.45) is 4.87. The lowest BCUT2D eigenvalue weighted by atomic mass is 10.4. The summed E-state index contributed by atoms with van der Waals surface area (Å²) in [6, 6.07) is 5.45. The molecule has 0 aromatic carbocycles. The number of hydrogen-bond donors (Lipinski definition) is 0. The summed E-state index contributed by atoms with van der Waals surface area (Å²) in [5.41, 5.74) is 1.11. The van der Waals surface area contributed by atoms with Gasteiger partial charge >= 0.3 is 0 Å². The Kier molecular flexibility index (Phi) is 20.2. The molecular weight excluding hydrogens is 393 g/mol. The average molecular weight is 439 g/mol. The minimum absolute atomic E-state index is 0.555. The normalized spacial score (nSPS) is 14.3. The van der Waals surface area contributed by atoms with Crippen LogP contribution in [0.2, 0.25) is 24.2 Å². The number of unbranched alkanes of at least 4 members (excludes halogenated alkanes) is 2. The molecule has 0 aliphatic rings. The van der Waals surface area contributed by atoms with Crippen LogP contribution in [-0.2, 0) is 9.47 Å². The molecular formula is C20H46O2S2Si2. The Morgan fingerprint density at radius 3 is 1.23 bits per heavy atom. The Labute approximate surface area is 176 Å². The molecule has 0 heterocycles. The van der Waals surface area contributed by atoms with Crippen molar-refractivity contribution in [3.8, 4) is 0 Å². The zero-order valence-corrected chi connectivity index (χ0v) is 22.4. The zero-order valence-electron chi connectivity index (χ0n) is 18.4. The molecule has 2 nitrogen and oxygen atoms in total. The Morgan fingerprint density at radius 1 is 0.615 bits per heavy atom. The second-order valence-electron chi connectivity index (χ2n) is 7.25. The molecule has 158 valence electrons. The van der Waals surface area contributed by atoms with Crippen LogP contribution in [0.5, 0.6) is 0 Å². The molecule has 0 spiro atoms. The van der Waals surface area contributed by atoms with Crippen LogP contribution in [-0.4, -0.2) is 53.8 Å². The van der Waals surface area contributed by atoms with Crippen molar-refractivity contribution >= 4 is 39.2 Å². The summed E-state index contributed by atoms with van der Waals surface area (Å²) >= 11 is 0. The molecule has 6 heteroatoms. The summed E-state index contributed by atoms with van der Waals surface area (Å²) in [5.74, 6) is 2.36. The van der Waals surface area contributed by atoms with Crippen LogP contribution in [0.15, 0.2) is 0 Å². The molecule has 2 unspecified atom stereocenters. The molecule has 0 saturated carbocycles. The molecule has 2 atom stereocenters. The first-order chi connectivity index (χ1) is 12.7. The minimum atomic E-state index is -0.751. The van der Waals surface area contributed by atoms with Crippen LogP contribution < -0.4 is 0 Å². The molecule has 0 fully saturated rings. The molecule has 0 aromatic heterocycles. The molecule has 0 bridgehead atoms. The third-order valence-corrected chi connectivity index (χ3v) is 15.6. The topological polar surface area (TPSA) is 18.5 Å². The van der Waals surface area contributed by atoms with Crippen molar-refractivity contribution in [3.63, 3.8) is 0 Å². The van der Waals surface area contributed by atoms with Gasteiger partial charge in [-0.05, 0) is 12.8 Å². The van der Waals surface area contributed by atoms with E-state index in [-0.39, 0.29) is 0 Å². The van der Waals surface area contributed by atoms with E-state index in [1.165, 1.54) is 61.4 Å². The Bertz CT molecular complexity index is 263. The molecule has 0 N–H and O–H groups in total. The van der Waals surface area contributed by atoms with E-state index in [9.17, 15) is 0 Å². The fourth-order valence-electron chi connectivity index (χ4n) is 3.26. The first-order valence-electron chi connectivity index (χ1n) is 11.2. The molecule has 0 radical (unpaired) electrons. The van der Waals surface area contributed by atoms with Gasteiger partial charge in [-0.3, -0.25) is 0 Å². The van der Waals surface area contributed by atoms with Gasteiger partial charge in [-0.1, -0.05) is 100 Å². The second-order valence-corrected chi connectivity index (χ2v) is 17.6. The minimum Gasteiger partial charge on any atom is -0.381 e. The number of hydrogen-bond acceptors (Lipinski definition) is 4. The third kappa shape index (κ3) is 12.5. The zero-order chi connectivity index (χ0) is 19.6. The lowest BCUT2D eigenvalue weighted by molar-refractivity contribution is 0.113. The van der Waals surface area contributed by atoms with Crippen molar-refractivity contribution in [1.29, 1.82) is 0 Å². The quantitative estimate of drug-likeness (QED) is 0.133. The van der Waals surface area contributed by atoms with E-state index in [1.54, 1.807) is 0 Å². The first kappa shape index (κ1) is 27.1. The van der Waals surface area contributed by atoms with Crippen LogP contribution in [0.1, 0.15) is 67.2 Å². The predicted octanol–water partition coefficient (Wildman–Crippen LogP) is 6.35. The smallest absolute Gasteiger partial charge is 0.0723 e. The largest absolute Gasteiger partial charge is 0.381 e. The van der Waals surface area contributed by atoms with Gasteiger partial charge in [-0.15, -0.1) is 0 Å². The maximum Gasteiger partial charge on any atom is 0.0723 e. The maximum atomic E-state index is 6.31. The van der Waals surface area contributed by atoms with E-state index in [0.29, 0.717) is 11.5 Å². The van der Waals surface area contributed by atoms with Crippen LogP contribution in [0.3, 0.4) is 0 Å². The SMILES string of the molecule is CCCCOC(CSSCC(OCCCC)[SiH](CC)CC)[SiH](CC)CC. The molecule has 0 amide bonds. The lowest BCUT2D eigenvalue weighted by Crippen LogP contribution is -2.35. The second kappa shape index (κ2) is 19.4. The van der Waals surface area contributed by atoms with Crippen molar-refractivity contribution < 1.29 is 9.47 Å². The highest BCUT2D eigenvalue weighted by Crippen LogP contribution is 2.28. The highest BCUT2D eigenvalue weighted by molar-refractivity contribution is 8.76. The van der Waals surface area contributed by atoms with Crippen LogP contribution >= 0.6 is 21.6 Å². The van der Waals surface area contributed by atoms with E-state index >= 15 is 0 Å². The van der Waals surface area contributed by atoms with E-state index in [0.717, 1.165) is 13.2 Å². The van der Waals surface area contributed by atoms with Crippen molar-refractivity contribution in [3.05, 3.63) is 0 Å². The first-order valence-corrected chi connectivity index (χ1v) is 18.2. The van der Waals surface area contributed by atoms with Gasteiger partial charge in [0.1, 0.15) is 0 Å². The lowest BCUT2D eigenvalue weighted by Gasteiger charge is -2.26. The van der Waals surface area contributed by atoms with E-state index in [2.05, 4.69) is 63.1 Å². The Morgan fingerprint density at radius 2 is 0.962 bits per heavy atom. The van der Waals surface area contributed by atoms with Gasteiger partial charge in [0.2, 0.25) is 0 Å².